The highest BCUT2D eigenvalue weighted by atomic mass is 32.2. The fraction of sp³-hybridized carbons (Fsp3) is 0.364. The molecule has 1 rings (SSSR count). The molecule has 0 saturated carbocycles. The van der Waals surface area contributed by atoms with Crippen LogP contribution in [0.3, 0.4) is 0 Å². The summed E-state index contributed by atoms with van der Waals surface area (Å²) in [6, 6.07) is 8.54. The fourth-order valence-corrected chi connectivity index (χ4v) is 2.27. The van der Waals surface area contributed by atoms with Crippen molar-refractivity contribution in [3.05, 3.63) is 30.3 Å². The molecule has 0 spiro atoms. The molecule has 5 nitrogen and oxygen atoms in total. The Balaban J connectivity index is 3.19. The van der Waals surface area contributed by atoms with Crippen LogP contribution in [0.5, 0.6) is 0 Å². The molecule has 1 atom stereocenters. The van der Waals surface area contributed by atoms with Crippen LogP contribution in [0, 0.1) is 0 Å². The van der Waals surface area contributed by atoms with Crippen molar-refractivity contribution in [2.24, 2.45) is 0 Å². The summed E-state index contributed by atoms with van der Waals surface area (Å²) >= 11 is -2.31. The van der Waals surface area contributed by atoms with Crippen molar-refractivity contribution in [1.82, 2.24) is 0 Å². The third-order valence-corrected chi connectivity index (χ3v) is 3.32. The zero-order chi connectivity index (χ0) is 13.1. The Labute approximate surface area is 103 Å². The highest BCUT2D eigenvalue weighted by Crippen LogP contribution is 2.26. The van der Waals surface area contributed by atoms with Crippen LogP contribution in [0.2, 0.25) is 0 Å². The molecule has 0 fully saturated rings. The third-order valence-electron chi connectivity index (χ3n) is 2.34. The van der Waals surface area contributed by atoms with Gasteiger partial charge in [-0.15, -0.1) is 0 Å². The Morgan fingerprint density at radius 1 is 1.35 bits per heavy atom. The largest absolute Gasteiger partial charge is 0.467 e. The summed E-state index contributed by atoms with van der Waals surface area (Å²) in [5, 5.41) is 0. The van der Waals surface area contributed by atoms with Crippen LogP contribution in [0.4, 0.5) is 5.69 Å². The van der Waals surface area contributed by atoms with E-state index in [1.165, 1.54) is 21.0 Å². The molecule has 1 unspecified atom stereocenters. The monoisotopic (exact) mass is 257 g/mol. The van der Waals surface area contributed by atoms with Gasteiger partial charge in [0.05, 0.1) is 12.8 Å². The van der Waals surface area contributed by atoms with Gasteiger partial charge >= 0.3 is 5.97 Å². The zero-order valence-corrected chi connectivity index (χ0v) is 10.7. The van der Waals surface area contributed by atoms with Crippen LogP contribution in [0.25, 0.3) is 0 Å². The lowest BCUT2D eigenvalue weighted by atomic mass is 10.1. The van der Waals surface area contributed by atoms with Crippen molar-refractivity contribution in [2.45, 2.75) is 19.4 Å². The molecule has 0 bridgehead atoms. The second kappa shape index (κ2) is 5.29. The molecule has 94 valence electrons. The van der Waals surface area contributed by atoms with Gasteiger partial charge in [0.1, 0.15) is 5.54 Å². The maximum atomic E-state index is 11.6. The van der Waals surface area contributed by atoms with E-state index in [0.29, 0.717) is 5.69 Å². The first-order valence-electron chi connectivity index (χ1n) is 4.96. The average molecular weight is 257 g/mol. The van der Waals surface area contributed by atoms with Gasteiger partial charge in [0.15, 0.2) is 0 Å². The van der Waals surface area contributed by atoms with Gasteiger partial charge in [-0.3, -0.25) is 8.86 Å². The van der Waals surface area contributed by atoms with E-state index in [0.717, 1.165) is 4.31 Å². The maximum absolute atomic E-state index is 11.6. The van der Waals surface area contributed by atoms with E-state index in [9.17, 15) is 13.6 Å². The van der Waals surface area contributed by atoms with Gasteiger partial charge in [-0.2, -0.15) is 0 Å². The van der Waals surface area contributed by atoms with Crippen molar-refractivity contribution < 1.29 is 18.3 Å². The van der Waals surface area contributed by atoms with E-state index in [2.05, 4.69) is 4.74 Å². The highest BCUT2D eigenvalue weighted by Gasteiger charge is 2.39. The molecule has 0 aliphatic heterocycles. The lowest BCUT2D eigenvalue weighted by Gasteiger charge is -2.34. The highest BCUT2D eigenvalue weighted by molar-refractivity contribution is 7.80. The van der Waals surface area contributed by atoms with E-state index in [-0.39, 0.29) is 0 Å². The van der Waals surface area contributed by atoms with E-state index >= 15 is 0 Å². The van der Waals surface area contributed by atoms with Crippen LogP contribution in [0.1, 0.15) is 13.8 Å². The molecule has 0 aliphatic rings. The van der Waals surface area contributed by atoms with Gasteiger partial charge in [-0.05, 0) is 26.0 Å². The number of esters is 1. The minimum Gasteiger partial charge on any atom is -0.467 e. The van der Waals surface area contributed by atoms with Crippen molar-refractivity contribution >= 4 is 22.9 Å². The number of hydrogen-bond acceptors (Lipinski definition) is 3. The van der Waals surface area contributed by atoms with Crippen LogP contribution < -0.4 is 4.31 Å². The molecule has 0 saturated heterocycles. The quantitative estimate of drug-likeness (QED) is 0.657. The Morgan fingerprint density at radius 2 is 1.88 bits per heavy atom. The summed E-state index contributed by atoms with van der Waals surface area (Å²) in [5.74, 6) is -0.580. The molecule has 1 N–H and O–H groups in total. The average Bonchev–Trinajstić information content (AvgIpc) is 2.28. The molecular formula is C11H15NO4S. The van der Waals surface area contributed by atoms with Crippen LogP contribution >= 0.6 is 0 Å². The minimum atomic E-state index is -2.31. The fourth-order valence-electron chi connectivity index (χ4n) is 1.50. The van der Waals surface area contributed by atoms with Crippen LogP contribution in [-0.4, -0.2) is 27.4 Å². The summed E-state index contributed by atoms with van der Waals surface area (Å²) in [5.41, 5.74) is -0.751. The van der Waals surface area contributed by atoms with E-state index in [1.54, 1.807) is 30.3 Å². The number of ether oxygens (including phenoxy) is 1. The SMILES string of the molecule is COC(=O)C(C)(C)N(c1ccccc1)S(=O)O. The second-order valence-electron chi connectivity index (χ2n) is 3.91. The topological polar surface area (TPSA) is 66.8 Å². The lowest BCUT2D eigenvalue weighted by molar-refractivity contribution is -0.145. The van der Waals surface area contributed by atoms with Gasteiger partial charge in [0, 0.05) is 0 Å². The molecule has 0 aliphatic carbocycles. The Morgan fingerprint density at radius 3 is 2.29 bits per heavy atom. The summed E-state index contributed by atoms with van der Waals surface area (Å²) in [6.07, 6.45) is 0. The normalized spacial score (nSPS) is 12.9. The summed E-state index contributed by atoms with van der Waals surface area (Å²) < 4.78 is 26.5. The molecule has 0 aromatic heterocycles. The smallest absolute Gasteiger partial charge is 0.332 e. The number of anilines is 1. The number of rotatable bonds is 4. The molecule has 0 heterocycles. The van der Waals surface area contributed by atoms with Gasteiger partial charge < -0.3 is 4.74 Å². The van der Waals surface area contributed by atoms with Gasteiger partial charge in [-0.1, -0.05) is 18.2 Å². The Kier molecular flexibility index (Phi) is 4.25. The summed E-state index contributed by atoms with van der Waals surface area (Å²) in [6.45, 7) is 3.06. The van der Waals surface area contributed by atoms with Gasteiger partial charge in [0.25, 0.3) is 11.3 Å². The first-order valence-corrected chi connectivity index (χ1v) is 6.02. The number of carbonyl (C=O) groups is 1. The van der Waals surface area contributed by atoms with E-state index in [4.69, 9.17) is 0 Å². The molecule has 1 aromatic carbocycles. The molecular weight excluding hydrogens is 242 g/mol. The number of nitrogens with zero attached hydrogens (tertiary/aromatic N) is 1. The molecule has 0 radical (unpaired) electrons. The van der Waals surface area contributed by atoms with Crippen molar-refractivity contribution in [1.29, 1.82) is 0 Å². The number of para-hydroxylation sites is 1. The lowest BCUT2D eigenvalue weighted by Crippen LogP contribution is -2.51. The van der Waals surface area contributed by atoms with E-state index < -0.39 is 22.8 Å². The van der Waals surface area contributed by atoms with Crippen molar-refractivity contribution in [2.75, 3.05) is 11.4 Å². The number of benzene rings is 1. The number of carbonyl (C=O) groups excluding carboxylic acids is 1. The first-order chi connectivity index (χ1) is 7.91. The second-order valence-corrected chi connectivity index (χ2v) is 4.74. The van der Waals surface area contributed by atoms with Crippen molar-refractivity contribution in [3.63, 3.8) is 0 Å². The van der Waals surface area contributed by atoms with Crippen molar-refractivity contribution in [3.8, 4) is 0 Å². The molecule has 6 heteroatoms. The number of hydrogen-bond donors (Lipinski definition) is 1. The Bertz CT molecular complexity index is 419. The number of methoxy groups -OCH3 is 1. The third kappa shape index (κ3) is 2.83. The minimum absolute atomic E-state index is 0.476. The van der Waals surface area contributed by atoms with Gasteiger partial charge in [0.2, 0.25) is 0 Å². The predicted molar refractivity (Wildman–Crippen MR) is 65.8 cm³/mol. The molecule has 17 heavy (non-hydrogen) atoms. The zero-order valence-electron chi connectivity index (χ0n) is 9.91. The standard InChI is InChI=1S/C11H15NO4S/c1-11(2,10(13)16-3)12(17(14)15)9-7-5-4-6-8-9/h4-8H,1-3H3,(H,14,15). The first kappa shape index (κ1) is 13.7. The van der Waals surface area contributed by atoms with Gasteiger partial charge in [-0.25, -0.2) is 9.00 Å². The predicted octanol–water partition coefficient (Wildman–Crippen LogP) is 1.58. The molecule has 0 amide bonds. The van der Waals surface area contributed by atoms with Crippen LogP contribution in [0.15, 0.2) is 30.3 Å². The van der Waals surface area contributed by atoms with Crippen LogP contribution in [-0.2, 0) is 20.8 Å². The maximum Gasteiger partial charge on any atom is 0.332 e. The molecule has 1 aromatic rings. The Hall–Kier alpha value is -1.40. The van der Waals surface area contributed by atoms with E-state index in [1.807, 2.05) is 0 Å². The summed E-state index contributed by atoms with van der Waals surface area (Å²) in [4.78, 5) is 11.6. The summed E-state index contributed by atoms with van der Waals surface area (Å²) in [7, 11) is 1.24.